The molecule has 0 amide bonds. The fourth-order valence-corrected chi connectivity index (χ4v) is 3.01. The summed E-state index contributed by atoms with van der Waals surface area (Å²) < 4.78 is 12.9. The summed E-state index contributed by atoms with van der Waals surface area (Å²) >= 11 is 3.68. The lowest BCUT2D eigenvalue weighted by Crippen LogP contribution is -2.06. The topological polar surface area (TPSA) is 0 Å². The molecule has 0 radical (unpaired) electrons. The van der Waals surface area contributed by atoms with Gasteiger partial charge >= 0.3 is 0 Å². The number of benzene rings is 1. The average Bonchev–Trinajstić information content (AvgIpc) is 2.82. The van der Waals surface area contributed by atoms with Crippen LogP contribution in [0.2, 0.25) is 0 Å². The van der Waals surface area contributed by atoms with E-state index in [1.807, 2.05) is 6.07 Å². The Morgan fingerprint density at radius 3 is 2.86 bits per heavy atom. The van der Waals surface area contributed by atoms with Gasteiger partial charge in [0, 0.05) is 4.83 Å². The Bertz CT molecular complexity index is 324. The summed E-state index contributed by atoms with van der Waals surface area (Å²) in [7, 11) is 0. The maximum Gasteiger partial charge on any atom is 0.123 e. The van der Waals surface area contributed by atoms with Crippen LogP contribution in [0.4, 0.5) is 4.39 Å². The molecule has 0 saturated heterocycles. The standard InChI is InChI=1S/C12H14BrF/c1-8-5-11(8)12(13)7-9-3-2-4-10(14)6-9/h2-4,6,8,11-12H,5,7H2,1H3. The summed E-state index contributed by atoms with van der Waals surface area (Å²) in [6.07, 6.45) is 2.25. The third-order valence-corrected chi connectivity index (χ3v) is 3.96. The largest absolute Gasteiger partial charge is 0.207 e. The van der Waals surface area contributed by atoms with Crippen LogP contribution in [0.25, 0.3) is 0 Å². The molecule has 76 valence electrons. The summed E-state index contributed by atoms with van der Waals surface area (Å²) in [5, 5.41) is 0. The highest BCUT2D eigenvalue weighted by Gasteiger charge is 2.37. The summed E-state index contributed by atoms with van der Waals surface area (Å²) in [6, 6.07) is 6.89. The molecule has 0 aliphatic heterocycles. The third-order valence-electron chi connectivity index (χ3n) is 2.96. The van der Waals surface area contributed by atoms with Gasteiger partial charge in [-0.25, -0.2) is 4.39 Å². The summed E-state index contributed by atoms with van der Waals surface area (Å²) in [4.78, 5) is 0.513. The van der Waals surface area contributed by atoms with E-state index in [4.69, 9.17) is 0 Å². The van der Waals surface area contributed by atoms with E-state index in [-0.39, 0.29) is 5.82 Å². The van der Waals surface area contributed by atoms with Crippen molar-refractivity contribution in [3.05, 3.63) is 35.6 Å². The molecule has 1 saturated carbocycles. The minimum Gasteiger partial charge on any atom is -0.207 e. The highest BCUT2D eigenvalue weighted by molar-refractivity contribution is 9.09. The van der Waals surface area contributed by atoms with E-state index in [2.05, 4.69) is 22.9 Å². The molecular formula is C12H14BrF. The van der Waals surface area contributed by atoms with Crippen molar-refractivity contribution in [1.29, 1.82) is 0 Å². The molecule has 0 bridgehead atoms. The van der Waals surface area contributed by atoms with Crippen molar-refractivity contribution in [2.24, 2.45) is 11.8 Å². The molecule has 0 spiro atoms. The molecule has 0 N–H and O–H groups in total. The number of rotatable bonds is 3. The van der Waals surface area contributed by atoms with Crippen LogP contribution in [-0.2, 0) is 6.42 Å². The first kappa shape index (κ1) is 10.2. The Labute approximate surface area is 92.6 Å². The Kier molecular flexibility index (Phi) is 2.91. The van der Waals surface area contributed by atoms with Crippen molar-refractivity contribution in [2.45, 2.75) is 24.6 Å². The maximum absolute atomic E-state index is 12.9. The van der Waals surface area contributed by atoms with E-state index in [0.29, 0.717) is 4.83 Å². The second kappa shape index (κ2) is 4.01. The molecule has 1 aromatic rings. The molecule has 3 atom stereocenters. The lowest BCUT2D eigenvalue weighted by molar-refractivity contribution is 0.623. The van der Waals surface area contributed by atoms with Crippen molar-refractivity contribution in [3.8, 4) is 0 Å². The van der Waals surface area contributed by atoms with Gasteiger partial charge in [-0.1, -0.05) is 35.0 Å². The first-order valence-electron chi connectivity index (χ1n) is 5.05. The summed E-state index contributed by atoms with van der Waals surface area (Å²) in [6.45, 7) is 2.27. The SMILES string of the molecule is CC1CC1C(Br)Cc1cccc(F)c1. The number of hydrogen-bond donors (Lipinski definition) is 0. The highest BCUT2D eigenvalue weighted by atomic mass is 79.9. The average molecular weight is 257 g/mol. The first-order valence-corrected chi connectivity index (χ1v) is 5.97. The van der Waals surface area contributed by atoms with Crippen LogP contribution in [0.3, 0.4) is 0 Å². The summed E-state index contributed by atoms with van der Waals surface area (Å²) in [5.74, 6) is 1.50. The van der Waals surface area contributed by atoms with Gasteiger partial charge in [-0.2, -0.15) is 0 Å². The van der Waals surface area contributed by atoms with Gasteiger partial charge in [0.25, 0.3) is 0 Å². The second-order valence-corrected chi connectivity index (χ2v) is 5.40. The van der Waals surface area contributed by atoms with E-state index in [9.17, 15) is 4.39 Å². The monoisotopic (exact) mass is 256 g/mol. The molecule has 1 aliphatic carbocycles. The van der Waals surface area contributed by atoms with E-state index in [1.165, 1.54) is 12.5 Å². The minimum absolute atomic E-state index is 0.133. The fraction of sp³-hybridized carbons (Fsp3) is 0.500. The predicted molar refractivity (Wildman–Crippen MR) is 60.1 cm³/mol. The fourth-order valence-electron chi connectivity index (χ4n) is 1.90. The smallest absolute Gasteiger partial charge is 0.123 e. The van der Waals surface area contributed by atoms with Gasteiger partial charge in [0.15, 0.2) is 0 Å². The van der Waals surface area contributed by atoms with Gasteiger partial charge in [-0.15, -0.1) is 0 Å². The van der Waals surface area contributed by atoms with Crippen molar-refractivity contribution in [3.63, 3.8) is 0 Å². The second-order valence-electron chi connectivity index (χ2n) is 4.23. The van der Waals surface area contributed by atoms with Gasteiger partial charge < -0.3 is 0 Å². The normalized spacial score (nSPS) is 27.4. The highest BCUT2D eigenvalue weighted by Crippen LogP contribution is 2.44. The van der Waals surface area contributed by atoms with Crippen LogP contribution in [0.1, 0.15) is 18.9 Å². The molecule has 1 aromatic carbocycles. The Balaban J connectivity index is 1.96. The Morgan fingerprint density at radius 1 is 1.57 bits per heavy atom. The number of hydrogen-bond acceptors (Lipinski definition) is 0. The van der Waals surface area contributed by atoms with Crippen molar-refractivity contribution in [2.75, 3.05) is 0 Å². The predicted octanol–water partition coefficient (Wildman–Crippen LogP) is 3.79. The molecule has 2 heteroatoms. The van der Waals surface area contributed by atoms with Crippen LogP contribution in [0.15, 0.2) is 24.3 Å². The van der Waals surface area contributed by atoms with Gasteiger partial charge in [0.2, 0.25) is 0 Å². The Hall–Kier alpha value is -0.370. The van der Waals surface area contributed by atoms with Crippen LogP contribution in [-0.4, -0.2) is 4.83 Å². The van der Waals surface area contributed by atoms with Gasteiger partial charge in [-0.05, 0) is 42.4 Å². The zero-order chi connectivity index (χ0) is 10.1. The van der Waals surface area contributed by atoms with Crippen LogP contribution in [0, 0.1) is 17.7 Å². The lowest BCUT2D eigenvalue weighted by Gasteiger charge is -2.08. The number of alkyl halides is 1. The van der Waals surface area contributed by atoms with E-state index < -0.39 is 0 Å². The molecule has 0 nitrogen and oxygen atoms in total. The molecule has 0 heterocycles. The molecule has 14 heavy (non-hydrogen) atoms. The molecule has 1 fully saturated rings. The minimum atomic E-state index is -0.133. The molecular weight excluding hydrogens is 243 g/mol. The molecule has 1 aliphatic rings. The Morgan fingerprint density at radius 2 is 2.29 bits per heavy atom. The van der Waals surface area contributed by atoms with Crippen LogP contribution in [0.5, 0.6) is 0 Å². The van der Waals surface area contributed by atoms with E-state index in [0.717, 1.165) is 23.8 Å². The van der Waals surface area contributed by atoms with Gasteiger partial charge in [-0.3, -0.25) is 0 Å². The van der Waals surface area contributed by atoms with Crippen molar-refractivity contribution >= 4 is 15.9 Å². The third kappa shape index (κ3) is 2.35. The quantitative estimate of drug-likeness (QED) is 0.723. The number of halogens is 2. The first-order chi connectivity index (χ1) is 6.66. The van der Waals surface area contributed by atoms with Crippen molar-refractivity contribution in [1.82, 2.24) is 0 Å². The van der Waals surface area contributed by atoms with Crippen LogP contribution < -0.4 is 0 Å². The van der Waals surface area contributed by atoms with Gasteiger partial charge in [0.1, 0.15) is 5.82 Å². The molecule has 3 unspecified atom stereocenters. The maximum atomic E-state index is 12.9. The molecule has 2 rings (SSSR count). The zero-order valence-corrected chi connectivity index (χ0v) is 9.80. The van der Waals surface area contributed by atoms with E-state index in [1.54, 1.807) is 12.1 Å². The lowest BCUT2D eigenvalue weighted by atomic mass is 10.1. The molecule has 0 aromatic heterocycles. The van der Waals surface area contributed by atoms with Gasteiger partial charge in [0.05, 0.1) is 0 Å². The van der Waals surface area contributed by atoms with Crippen LogP contribution >= 0.6 is 15.9 Å². The van der Waals surface area contributed by atoms with E-state index >= 15 is 0 Å². The zero-order valence-electron chi connectivity index (χ0n) is 8.21. The van der Waals surface area contributed by atoms with Crippen molar-refractivity contribution < 1.29 is 4.39 Å². The summed E-state index contributed by atoms with van der Waals surface area (Å²) in [5.41, 5.74) is 1.09.